The third-order valence-corrected chi connectivity index (χ3v) is 5.12. The molecular formula is C12H20ClN3O2S. The molecule has 2 rings (SSSR count). The molecular weight excluding hydrogens is 286 g/mol. The van der Waals surface area contributed by atoms with Gasteiger partial charge in [0.05, 0.1) is 0 Å². The third kappa shape index (κ3) is 3.89. The fourth-order valence-electron chi connectivity index (χ4n) is 2.27. The average molecular weight is 306 g/mol. The van der Waals surface area contributed by atoms with Crippen LogP contribution >= 0.6 is 12.4 Å². The van der Waals surface area contributed by atoms with E-state index in [2.05, 4.69) is 10.3 Å². The quantitative estimate of drug-likeness (QED) is 0.905. The molecule has 0 spiro atoms. The Morgan fingerprint density at radius 2 is 2.05 bits per heavy atom. The second-order valence-corrected chi connectivity index (χ2v) is 6.46. The first-order valence-corrected chi connectivity index (χ1v) is 7.64. The topological polar surface area (TPSA) is 62.3 Å². The number of halogens is 1. The second kappa shape index (κ2) is 7.19. The van der Waals surface area contributed by atoms with Gasteiger partial charge in [0.1, 0.15) is 0 Å². The van der Waals surface area contributed by atoms with Crippen LogP contribution in [0.3, 0.4) is 0 Å². The molecule has 0 radical (unpaired) electrons. The zero-order valence-electron chi connectivity index (χ0n) is 10.9. The van der Waals surface area contributed by atoms with Gasteiger partial charge in [-0.05, 0) is 44.5 Å². The van der Waals surface area contributed by atoms with Crippen molar-refractivity contribution in [3.05, 3.63) is 24.4 Å². The minimum atomic E-state index is -3.40. The van der Waals surface area contributed by atoms with E-state index in [4.69, 9.17) is 0 Å². The normalized spacial score (nSPS) is 17.9. The van der Waals surface area contributed by atoms with Crippen LogP contribution in [-0.2, 0) is 10.0 Å². The number of pyridine rings is 1. The first kappa shape index (κ1) is 16.4. The molecule has 0 aromatic carbocycles. The fourth-order valence-corrected chi connectivity index (χ4v) is 3.68. The SMILES string of the molecule is CNCC1CCN(S(=O)(=O)c2ccccn2)CC1.Cl. The van der Waals surface area contributed by atoms with E-state index in [9.17, 15) is 8.42 Å². The summed E-state index contributed by atoms with van der Waals surface area (Å²) in [4.78, 5) is 3.94. The molecule has 0 saturated carbocycles. The van der Waals surface area contributed by atoms with E-state index in [0.717, 1.165) is 19.4 Å². The van der Waals surface area contributed by atoms with Crippen LogP contribution in [0.15, 0.2) is 29.4 Å². The Hall–Kier alpha value is -0.690. The Kier molecular flexibility index (Phi) is 6.19. The van der Waals surface area contributed by atoms with Crippen molar-refractivity contribution in [2.45, 2.75) is 17.9 Å². The zero-order valence-corrected chi connectivity index (χ0v) is 12.6. The summed E-state index contributed by atoms with van der Waals surface area (Å²) in [5.74, 6) is 0.574. The predicted molar refractivity (Wildman–Crippen MR) is 76.9 cm³/mol. The third-order valence-electron chi connectivity index (χ3n) is 3.31. The molecule has 1 aliphatic rings. The van der Waals surface area contributed by atoms with Crippen LogP contribution in [0.4, 0.5) is 0 Å². The molecule has 1 aliphatic heterocycles. The van der Waals surface area contributed by atoms with E-state index >= 15 is 0 Å². The smallest absolute Gasteiger partial charge is 0.260 e. The van der Waals surface area contributed by atoms with Gasteiger partial charge >= 0.3 is 0 Å². The van der Waals surface area contributed by atoms with Crippen molar-refractivity contribution in [3.63, 3.8) is 0 Å². The van der Waals surface area contributed by atoms with E-state index < -0.39 is 10.0 Å². The minimum absolute atomic E-state index is 0. The number of nitrogens with zero attached hydrogens (tertiary/aromatic N) is 2. The summed E-state index contributed by atoms with van der Waals surface area (Å²) in [6.45, 7) is 2.13. The lowest BCUT2D eigenvalue weighted by Gasteiger charge is -2.30. The number of piperidine rings is 1. The molecule has 1 saturated heterocycles. The van der Waals surface area contributed by atoms with Crippen LogP contribution in [0, 0.1) is 5.92 Å². The molecule has 19 heavy (non-hydrogen) atoms. The van der Waals surface area contributed by atoms with Crippen LogP contribution < -0.4 is 5.32 Å². The zero-order chi connectivity index (χ0) is 13.0. The van der Waals surface area contributed by atoms with E-state index in [1.54, 1.807) is 22.5 Å². The summed E-state index contributed by atoms with van der Waals surface area (Å²) in [5.41, 5.74) is 0. The summed E-state index contributed by atoms with van der Waals surface area (Å²) in [6, 6.07) is 4.97. The standard InChI is InChI=1S/C12H19N3O2S.ClH/c1-13-10-11-5-8-15(9-6-11)18(16,17)12-4-2-3-7-14-12;/h2-4,7,11,13H,5-6,8-10H2,1H3;1H. The van der Waals surface area contributed by atoms with Gasteiger partial charge in [-0.1, -0.05) is 6.07 Å². The van der Waals surface area contributed by atoms with Crippen molar-refractivity contribution in [1.29, 1.82) is 0 Å². The summed E-state index contributed by atoms with van der Waals surface area (Å²) < 4.78 is 26.1. The molecule has 108 valence electrons. The Bertz CT molecular complexity index is 473. The van der Waals surface area contributed by atoms with Crippen LogP contribution in [0.5, 0.6) is 0 Å². The molecule has 2 heterocycles. The highest BCUT2D eigenvalue weighted by Crippen LogP contribution is 2.22. The van der Waals surface area contributed by atoms with Crippen LogP contribution in [-0.4, -0.2) is 44.4 Å². The Morgan fingerprint density at radius 3 is 2.58 bits per heavy atom. The summed E-state index contributed by atoms with van der Waals surface area (Å²) >= 11 is 0. The summed E-state index contributed by atoms with van der Waals surface area (Å²) in [7, 11) is -1.47. The van der Waals surface area contributed by atoms with Crippen LogP contribution in [0.1, 0.15) is 12.8 Å². The van der Waals surface area contributed by atoms with Gasteiger partial charge in [0, 0.05) is 19.3 Å². The van der Waals surface area contributed by atoms with Crippen molar-refractivity contribution < 1.29 is 8.42 Å². The van der Waals surface area contributed by atoms with Crippen LogP contribution in [0.25, 0.3) is 0 Å². The largest absolute Gasteiger partial charge is 0.319 e. The lowest BCUT2D eigenvalue weighted by Crippen LogP contribution is -2.40. The first-order valence-electron chi connectivity index (χ1n) is 6.20. The summed E-state index contributed by atoms with van der Waals surface area (Å²) in [6.07, 6.45) is 3.33. The first-order chi connectivity index (χ1) is 8.64. The molecule has 1 fully saturated rings. The van der Waals surface area contributed by atoms with Crippen molar-refractivity contribution in [2.75, 3.05) is 26.7 Å². The van der Waals surface area contributed by atoms with E-state index in [-0.39, 0.29) is 17.4 Å². The van der Waals surface area contributed by atoms with Crippen LogP contribution in [0.2, 0.25) is 0 Å². The molecule has 1 aromatic heterocycles. The highest BCUT2D eigenvalue weighted by atomic mass is 35.5. The molecule has 0 amide bonds. The average Bonchev–Trinajstić information content (AvgIpc) is 2.41. The van der Waals surface area contributed by atoms with Crippen molar-refractivity contribution in [1.82, 2.24) is 14.6 Å². The van der Waals surface area contributed by atoms with Crippen molar-refractivity contribution >= 4 is 22.4 Å². The molecule has 1 N–H and O–H groups in total. The number of sulfonamides is 1. The molecule has 7 heteroatoms. The van der Waals surface area contributed by atoms with Gasteiger partial charge in [0.2, 0.25) is 0 Å². The maximum absolute atomic E-state index is 12.3. The number of aromatic nitrogens is 1. The highest BCUT2D eigenvalue weighted by Gasteiger charge is 2.29. The van der Waals surface area contributed by atoms with Gasteiger partial charge in [-0.15, -0.1) is 12.4 Å². The minimum Gasteiger partial charge on any atom is -0.319 e. The van der Waals surface area contributed by atoms with Gasteiger partial charge in [-0.25, -0.2) is 13.4 Å². The van der Waals surface area contributed by atoms with Crippen molar-refractivity contribution in [3.8, 4) is 0 Å². The molecule has 0 aliphatic carbocycles. The van der Waals surface area contributed by atoms with Gasteiger partial charge in [-0.3, -0.25) is 0 Å². The van der Waals surface area contributed by atoms with Gasteiger partial charge in [0.25, 0.3) is 10.0 Å². The maximum atomic E-state index is 12.3. The number of hydrogen-bond donors (Lipinski definition) is 1. The lowest BCUT2D eigenvalue weighted by atomic mass is 9.98. The Morgan fingerprint density at radius 1 is 1.37 bits per heavy atom. The van der Waals surface area contributed by atoms with Gasteiger partial charge < -0.3 is 5.32 Å². The lowest BCUT2D eigenvalue weighted by molar-refractivity contribution is 0.270. The predicted octanol–water partition coefficient (Wildman–Crippen LogP) is 1.12. The molecule has 5 nitrogen and oxygen atoms in total. The Labute approximate surface area is 120 Å². The van der Waals surface area contributed by atoms with Crippen molar-refractivity contribution in [2.24, 2.45) is 5.92 Å². The van der Waals surface area contributed by atoms with Gasteiger partial charge in [-0.2, -0.15) is 4.31 Å². The number of hydrogen-bond acceptors (Lipinski definition) is 4. The number of rotatable bonds is 4. The fraction of sp³-hybridized carbons (Fsp3) is 0.583. The molecule has 0 atom stereocenters. The molecule has 0 unspecified atom stereocenters. The van der Waals surface area contributed by atoms with Gasteiger partial charge in [0.15, 0.2) is 5.03 Å². The van der Waals surface area contributed by atoms with E-state index in [1.807, 2.05) is 7.05 Å². The van der Waals surface area contributed by atoms with E-state index in [0.29, 0.717) is 19.0 Å². The summed E-state index contributed by atoms with van der Waals surface area (Å²) in [5, 5.41) is 3.29. The van der Waals surface area contributed by atoms with E-state index in [1.165, 1.54) is 6.20 Å². The molecule has 0 bridgehead atoms. The molecule has 1 aromatic rings. The maximum Gasteiger partial charge on any atom is 0.260 e. The monoisotopic (exact) mass is 305 g/mol. The highest BCUT2D eigenvalue weighted by molar-refractivity contribution is 7.89. The Balaban J connectivity index is 0.00000180. The second-order valence-electron chi connectivity index (χ2n) is 4.57. The number of nitrogens with one attached hydrogen (secondary N) is 1.